The number of carbonyl (C=O) groups excluding carboxylic acids is 1. The minimum Gasteiger partial charge on any atom is -0.482 e. The second-order valence-corrected chi connectivity index (χ2v) is 5.90. The number of hydrogen-bond donors (Lipinski definition) is 2. The predicted molar refractivity (Wildman–Crippen MR) is 79.7 cm³/mol. The van der Waals surface area contributed by atoms with Gasteiger partial charge in [0, 0.05) is 12.6 Å². The van der Waals surface area contributed by atoms with Crippen molar-refractivity contribution < 1.29 is 14.6 Å². The van der Waals surface area contributed by atoms with Gasteiger partial charge < -0.3 is 15.2 Å². The molecule has 114 valence electrons. The monoisotopic (exact) mass is 290 g/mol. The SMILES string of the molecule is CC(C)(C)C(CCO)NC(=O)COc1ccccc1C#N. The number of carbonyl (C=O) groups is 1. The molecule has 5 nitrogen and oxygen atoms in total. The Kier molecular flexibility index (Phi) is 6.19. The molecule has 0 aliphatic heterocycles. The Hall–Kier alpha value is -2.06. The summed E-state index contributed by atoms with van der Waals surface area (Å²) < 4.78 is 5.38. The Morgan fingerprint density at radius 2 is 2.10 bits per heavy atom. The van der Waals surface area contributed by atoms with Crippen LogP contribution in [0.25, 0.3) is 0 Å². The fraction of sp³-hybridized carbons (Fsp3) is 0.500. The summed E-state index contributed by atoms with van der Waals surface area (Å²) in [5, 5.41) is 20.9. The van der Waals surface area contributed by atoms with Gasteiger partial charge in [-0.15, -0.1) is 0 Å². The average Bonchev–Trinajstić information content (AvgIpc) is 2.44. The highest BCUT2D eigenvalue weighted by Crippen LogP contribution is 2.21. The van der Waals surface area contributed by atoms with Crippen LogP contribution in [0.15, 0.2) is 24.3 Å². The van der Waals surface area contributed by atoms with E-state index in [0.29, 0.717) is 17.7 Å². The molecule has 21 heavy (non-hydrogen) atoms. The molecule has 0 saturated heterocycles. The van der Waals surface area contributed by atoms with Gasteiger partial charge >= 0.3 is 0 Å². The van der Waals surface area contributed by atoms with E-state index in [1.165, 1.54) is 0 Å². The molecule has 1 aromatic carbocycles. The van der Waals surface area contributed by atoms with Gasteiger partial charge in [0.2, 0.25) is 0 Å². The molecule has 1 rings (SSSR count). The first-order valence-electron chi connectivity index (χ1n) is 6.90. The van der Waals surface area contributed by atoms with E-state index in [1.807, 2.05) is 26.8 Å². The highest BCUT2D eigenvalue weighted by Gasteiger charge is 2.25. The number of hydrogen-bond acceptors (Lipinski definition) is 4. The molecular weight excluding hydrogens is 268 g/mol. The number of nitriles is 1. The van der Waals surface area contributed by atoms with Gasteiger partial charge in [-0.1, -0.05) is 32.9 Å². The molecule has 0 spiro atoms. The molecule has 1 atom stereocenters. The Labute approximate surface area is 125 Å². The average molecular weight is 290 g/mol. The molecule has 0 aliphatic rings. The van der Waals surface area contributed by atoms with Crippen molar-refractivity contribution in [2.24, 2.45) is 5.41 Å². The van der Waals surface area contributed by atoms with Gasteiger partial charge in [-0.25, -0.2) is 0 Å². The van der Waals surface area contributed by atoms with Crippen LogP contribution in [0.4, 0.5) is 0 Å². The summed E-state index contributed by atoms with van der Waals surface area (Å²) in [4.78, 5) is 11.9. The van der Waals surface area contributed by atoms with Crippen LogP contribution in [0.1, 0.15) is 32.8 Å². The van der Waals surface area contributed by atoms with Crippen molar-refractivity contribution in [1.82, 2.24) is 5.32 Å². The number of nitrogens with one attached hydrogen (secondary N) is 1. The summed E-state index contributed by atoms with van der Waals surface area (Å²) in [5.74, 6) is 0.126. The van der Waals surface area contributed by atoms with Gasteiger partial charge in [-0.05, 0) is 24.0 Å². The first-order chi connectivity index (χ1) is 9.88. The van der Waals surface area contributed by atoms with E-state index in [0.717, 1.165) is 0 Å². The zero-order valence-electron chi connectivity index (χ0n) is 12.7. The fourth-order valence-electron chi connectivity index (χ4n) is 1.91. The summed E-state index contributed by atoms with van der Waals surface area (Å²) >= 11 is 0. The van der Waals surface area contributed by atoms with Crippen molar-refractivity contribution in [3.8, 4) is 11.8 Å². The van der Waals surface area contributed by atoms with Gasteiger partial charge in [0.05, 0.1) is 5.56 Å². The lowest BCUT2D eigenvalue weighted by molar-refractivity contribution is -0.124. The lowest BCUT2D eigenvalue weighted by atomic mass is 9.85. The van der Waals surface area contributed by atoms with Gasteiger partial charge in [-0.3, -0.25) is 4.79 Å². The first-order valence-corrected chi connectivity index (χ1v) is 6.90. The van der Waals surface area contributed by atoms with E-state index in [-0.39, 0.29) is 30.6 Å². The third kappa shape index (κ3) is 5.44. The van der Waals surface area contributed by atoms with E-state index in [9.17, 15) is 4.79 Å². The van der Waals surface area contributed by atoms with Crippen LogP contribution in [0.5, 0.6) is 5.75 Å². The largest absolute Gasteiger partial charge is 0.482 e. The van der Waals surface area contributed by atoms with E-state index < -0.39 is 0 Å². The Morgan fingerprint density at radius 1 is 1.43 bits per heavy atom. The third-order valence-electron chi connectivity index (χ3n) is 3.16. The molecule has 1 aromatic rings. The number of ether oxygens (including phenoxy) is 1. The van der Waals surface area contributed by atoms with Gasteiger partial charge in [0.15, 0.2) is 6.61 Å². The van der Waals surface area contributed by atoms with Crippen LogP contribution in [0.3, 0.4) is 0 Å². The molecule has 0 saturated carbocycles. The molecular formula is C16H22N2O3. The van der Waals surface area contributed by atoms with E-state index in [4.69, 9.17) is 15.1 Å². The molecule has 2 N–H and O–H groups in total. The van der Waals surface area contributed by atoms with Crippen molar-refractivity contribution in [3.05, 3.63) is 29.8 Å². The van der Waals surface area contributed by atoms with Crippen molar-refractivity contribution in [1.29, 1.82) is 5.26 Å². The number of nitrogens with zero attached hydrogens (tertiary/aromatic N) is 1. The predicted octanol–water partition coefficient (Wildman–Crippen LogP) is 1.85. The zero-order chi connectivity index (χ0) is 15.9. The number of rotatable bonds is 6. The number of amides is 1. The molecule has 0 bridgehead atoms. The lowest BCUT2D eigenvalue weighted by Gasteiger charge is -2.31. The fourth-order valence-corrected chi connectivity index (χ4v) is 1.91. The normalized spacial score (nSPS) is 12.3. The molecule has 0 aliphatic carbocycles. The highest BCUT2D eigenvalue weighted by molar-refractivity contribution is 5.78. The van der Waals surface area contributed by atoms with Crippen LogP contribution in [-0.2, 0) is 4.79 Å². The summed E-state index contributed by atoms with van der Waals surface area (Å²) in [6, 6.07) is 8.66. The molecule has 0 fully saturated rings. The van der Waals surface area contributed by atoms with Crippen LogP contribution in [0, 0.1) is 16.7 Å². The minimum atomic E-state index is -0.267. The number of aliphatic hydroxyl groups excluding tert-OH is 1. The third-order valence-corrected chi connectivity index (χ3v) is 3.16. The molecule has 5 heteroatoms. The minimum absolute atomic E-state index is 0.0142. The first kappa shape index (κ1) is 17.0. The van der Waals surface area contributed by atoms with E-state index in [1.54, 1.807) is 24.3 Å². The van der Waals surface area contributed by atoms with Crippen molar-refractivity contribution >= 4 is 5.91 Å². The van der Waals surface area contributed by atoms with Crippen LogP contribution < -0.4 is 10.1 Å². The maximum absolute atomic E-state index is 11.9. The summed E-state index contributed by atoms with van der Waals surface area (Å²) in [6.45, 7) is 5.86. The van der Waals surface area contributed by atoms with Gasteiger partial charge in [0.1, 0.15) is 11.8 Å². The molecule has 1 unspecified atom stereocenters. The van der Waals surface area contributed by atoms with E-state index in [2.05, 4.69) is 5.32 Å². The van der Waals surface area contributed by atoms with Crippen LogP contribution >= 0.6 is 0 Å². The summed E-state index contributed by atoms with van der Waals surface area (Å²) in [5.41, 5.74) is 0.246. The summed E-state index contributed by atoms with van der Waals surface area (Å²) in [6.07, 6.45) is 0.490. The summed E-state index contributed by atoms with van der Waals surface area (Å²) in [7, 11) is 0. The van der Waals surface area contributed by atoms with Crippen LogP contribution in [0.2, 0.25) is 0 Å². The van der Waals surface area contributed by atoms with Crippen molar-refractivity contribution in [2.45, 2.75) is 33.2 Å². The molecule has 0 heterocycles. The van der Waals surface area contributed by atoms with E-state index >= 15 is 0 Å². The van der Waals surface area contributed by atoms with Crippen molar-refractivity contribution in [3.63, 3.8) is 0 Å². The van der Waals surface area contributed by atoms with Gasteiger partial charge in [-0.2, -0.15) is 5.26 Å². The number of benzene rings is 1. The zero-order valence-corrected chi connectivity index (χ0v) is 12.7. The quantitative estimate of drug-likeness (QED) is 0.837. The Bertz CT molecular complexity index is 515. The topological polar surface area (TPSA) is 82.3 Å². The second kappa shape index (κ2) is 7.65. The second-order valence-electron chi connectivity index (χ2n) is 5.90. The maximum Gasteiger partial charge on any atom is 0.258 e. The highest BCUT2D eigenvalue weighted by atomic mass is 16.5. The molecule has 0 radical (unpaired) electrons. The Morgan fingerprint density at radius 3 is 2.67 bits per heavy atom. The smallest absolute Gasteiger partial charge is 0.258 e. The molecule has 1 amide bonds. The van der Waals surface area contributed by atoms with Crippen molar-refractivity contribution in [2.75, 3.05) is 13.2 Å². The number of para-hydroxylation sites is 1. The standard InChI is InChI=1S/C16H22N2O3/c1-16(2,3)14(8-9-19)18-15(20)11-21-13-7-5-4-6-12(13)10-17/h4-7,14,19H,8-9,11H2,1-3H3,(H,18,20). The number of aliphatic hydroxyl groups is 1. The Balaban J connectivity index is 2.59. The van der Waals surface area contributed by atoms with Gasteiger partial charge in [0.25, 0.3) is 5.91 Å². The van der Waals surface area contributed by atoms with Crippen LogP contribution in [-0.4, -0.2) is 30.3 Å². The maximum atomic E-state index is 11.9. The lowest BCUT2D eigenvalue weighted by Crippen LogP contribution is -2.46. The molecule has 0 aromatic heterocycles.